The summed E-state index contributed by atoms with van der Waals surface area (Å²) in [6.45, 7) is 8.86. The molecule has 0 aliphatic carbocycles. The summed E-state index contributed by atoms with van der Waals surface area (Å²) in [7, 11) is 2.10. The SMILES string of the molecule is CC(C)CCC(CCC(=O)NC(=O)c1cnc(CN2CCN(C)CC2)[nH]1)N=C(N)N. The van der Waals surface area contributed by atoms with Crippen molar-refractivity contribution in [2.45, 2.75) is 52.1 Å². The molecule has 6 N–H and O–H groups in total. The van der Waals surface area contributed by atoms with Crippen LogP contribution in [-0.4, -0.2) is 76.8 Å². The van der Waals surface area contributed by atoms with Gasteiger partial charge in [0.25, 0.3) is 5.91 Å². The van der Waals surface area contributed by atoms with Crippen LogP contribution in [0.15, 0.2) is 11.2 Å². The van der Waals surface area contributed by atoms with Crippen molar-refractivity contribution >= 4 is 17.8 Å². The van der Waals surface area contributed by atoms with Crippen molar-refractivity contribution in [1.29, 1.82) is 0 Å². The van der Waals surface area contributed by atoms with Gasteiger partial charge in [0, 0.05) is 32.6 Å². The maximum Gasteiger partial charge on any atom is 0.275 e. The highest BCUT2D eigenvalue weighted by Crippen LogP contribution is 2.14. The molecule has 2 heterocycles. The second kappa shape index (κ2) is 11.7. The number of amides is 2. The van der Waals surface area contributed by atoms with Crippen LogP contribution in [0.1, 0.15) is 55.8 Å². The number of aromatic nitrogens is 2. The number of hydrogen-bond acceptors (Lipinski definition) is 6. The zero-order valence-corrected chi connectivity index (χ0v) is 18.4. The van der Waals surface area contributed by atoms with Gasteiger partial charge in [-0.3, -0.25) is 24.8 Å². The molecule has 1 aliphatic heterocycles. The lowest BCUT2D eigenvalue weighted by Crippen LogP contribution is -2.44. The van der Waals surface area contributed by atoms with E-state index in [1.165, 1.54) is 6.20 Å². The van der Waals surface area contributed by atoms with E-state index in [1.807, 2.05) is 0 Å². The van der Waals surface area contributed by atoms with Gasteiger partial charge in [0.1, 0.15) is 11.5 Å². The van der Waals surface area contributed by atoms with Crippen LogP contribution >= 0.6 is 0 Å². The van der Waals surface area contributed by atoms with Gasteiger partial charge in [-0.05, 0) is 32.2 Å². The van der Waals surface area contributed by atoms with Crippen molar-refractivity contribution < 1.29 is 9.59 Å². The monoisotopic (exact) mass is 420 g/mol. The molecule has 10 nitrogen and oxygen atoms in total. The zero-order chi connectivity index (χ0) is 22.1. The third-order valence-corrected chi connectivity index (χ3v) is 5.21. The Labute approximate surface area is 178 Å². The van der Waals surface area contributed by atoms with Crippen molar-refractivity contribution in [3.8, 4) is 0 Å². The van der Waals surface area contributed by atoms with E-state index in [2.05, 4.69) is 51.0 Å². The number of imide groups is 1. The largest absolute Gasteiger partial charge is 0.370 e. The minimum absolute atomic E-state index is 0.0191. The van der Waals surface area contributed by atoms with Crippen molar-refractivity contribution in [3.63, 3.8) is 0 Å². The second-order valence-corrected chi connectivity index (χ2v) is 8.42. The van der Waals surface area contributed by atoms with Gasteiger partial charge in [0.15, 0.2) is 5.96 Å². The number of likely N-dealkylation sites (N-methyl/N-ethyl adjacent to an activating group) is 1. The van der Waals surface area contributed by atoms with E-state index in [-0.39, 0.29) is 30.0 Å². The van der Waals surface area contributed by atoms with E-state index in [0.717, 1.165) is 44.8 Å². The van der Waals surface area contributed by atoms with E-state index in [1.54, 1.807) is 0 Å². The molecule has 0 bridgehead atoms. The number of nitrogens with one attached hydrogen (secondary N) is 2. The standard InChI is InChI=1S/C20H36N8O2/c1-14(2)4-5-15(24-20(21)22)6-7-18(29)26-19(30)16-12-23-17(25-16)13-28-10-8-27(3)9-11-28/h12,14-15H,4-11,13H2,1-3H3,(H,23,25)(H4,21,22,24)(H,26,29,30). The highest BCUT2D eigenvalue weighted by molar-refractivity contribution is 6.03. The Morgan fingerprint density at radius 1 is 1.20 bits per heavy atom. The molecule has 1 saturated heterocycles. The van der Waals surface area contributed by atoms with Gasteiger partial charge >= 0.3 is 0 Å². The number of nitrogens with two attached hydrogens (primary N) is 2. The molecular formula is C20H36N8O2. The topological polar surface area (TPSA) is 146 Å². The quantitative estimate of drug-likeness (QED) is 0.314. The van der Waals surface area contributed by atoms with Crippen LogP contribution in [0.25, 0.3) is 0 Å². The first-order valence-electron chi connectivity index (χ1n) is 10.6. The fraction of sp³-hybridized carbons (Fsp3) is 0.700. The molecule has 1 aliphatic rings. The third kappa shape index (κ3) is 8.50. The van der Waals surface area contributed by atoms with Gasteiger partial charge in [0.2, 0.25) is 5.91 Å². The predicted octanol–water partition coefficient (Wildman–Crippen LogP) is 0.272. The smallest absolute Gasteiger partial charge is 0.275 e. The molecule has 0 spiro atoms. The molecule has 0 radical (unpaired) electrons. The maximum absolute atomic E-state index is 12.4. The van der Waals surface area contributed by atoms with Crippen LogP contribution in [-0.2, 0) is 11.3 Å². The molecule has 0 aromatic carbocycles. The Kier molecular flexibility index (Phi) is 9.25. The van der Waals surface area contributed by atoms with Crippen molar-refractivity contribution in [3.05, 3.63) is 17.7 Å². The minimum atomic E-state index is -0.474. The highest BCUT2D eigenvalue weighted by atomic mass is 16.2. The highest BCUT2D eigenvalue weighted by Gasteiger charge is 2.18. The number of guanidine groups is 1. The van der Waals surface area contributed by atoms with Crippen LogP contribution in [0.4, 0.5) is 0 Å². The summed E-state index contributed by atoms with van der Waals surface area (Å²) in [5.74, 6) is 0.440. The molecular weight excluding hydrogens is 384 g/mol. The van der Waals surface area contributed by atoms with Crippen LogP contribution < -0.4 is 16.8 Å². The van der Waals surface area contributed by atoms with E-state index in [9.17, 15) is 9.59 Å². The lowest BCUT2D eigenvalue weighted by Gasteiger charge is -2.31. The zero-order valence-electron chi connectivity index (χ0n) is 18.4. The summed E-state index contributed by atoms with van der Waals surface area (Å²) in [4.78, 5) is 40.6. The Bertz CT molecular complexity index is 718. The number of imidazole rings is 1. The first kappa shape index (κ1) is 23.8. The minimum Gasteiger partial charge on any atom is -0.370 e. The predicted molar refractivity (Wildman–Crippen MR) is 117 cm³/mol. The second-order valence-electron chi connectivity index (χ2n) is 8.42. The van der Waals surface area contributed by atoms with Gasteiger partial charge in [-0.15, -0.1) is 0 Å². The first-order chi connectivity index (χ1) is 14.2. The maximum atomic E-state index is 12.4. The molecule has 30 heavy (non-hydrogen) atoms. The number of H-pyrrole nitrogens is 1. The van der Waals surface area contributed by atoms with Crippen LogP contribution in [0.2, 0.25) is 0 Å². The third-order valence-electron chi connectivity index (χ3n) is 5.21. The number of hydrogen-bond donors (Lipinski definition) is 4. The summed E-state index contributed by atoms with van der Waals surface area (Å²) in [5.41, 5.74) is 11.3. The molecule has 1 unspecified atom stereocenters. The van der Waals surface area contributed by atoms with Crippen molar-refractivity contribution in [1.82, 2.24) is 25.1 Å². The lowest BCUT2D eigenvalue weighted by molar-refractivity contribution is -0.120. The summed E-state index contributed by atoms with van der Waals surface area (Å²) in [6.07, 6.45) is 3.90. The summed E-state index contributed by atoms with van der Waals surface area (Å²) >= 11 is 0. The molecule has 2 amide bonds. The Morgan fingerprint density at radius 2 is 1.90 bits per heavy atom. The van der Waals surface area contributed by atoms with Crippen molar-refractivity contribution in [2.24, 2.45) is 22.4 Å². The number of carbonyl (C=O) groups excluding carboxylic acids is 2. The van der Waals surface area contributed by atoms with Gasteiger partial charge in [-0.25, -0.2) is 4.98 Å². The summed E-state index contributed by atoms with van der Waals surface area (Å²) in [6, 6.07) is -0.124. The summed E-state index contributed by atoms with van der Waals surface area (Å²) < 4.78 is 0. The molecule has 1 fully saturated rings. The molecule has 1 aromatic heterocycles. The number of piperazine rings is 1. The van der Waals surface area contributed by atoms with E-state index < -0.39 is 5.91 Å². The molecule has 10 heteroatoms. The average Bonchev–Trinajstić information content (AvgIpc) is 3.14. The molecule has 1 aromatic rings. The summed E-state index contributed by atoms with van der Waals surface area (Å²) in [5, 5.41) is 2.41. The number of aromatic amines is 1. The van der Waals surface area contributed by atoms with Gasteiger partial charge in [0.05, 0.1) is 18.8 Å². The van der Waals surface area contributed by atoms with Gasteiger partial charge in [-0.1, -0.05) is 13.8 Å². The fourth-order valence-electron chi connectivity index (χ4n) is 3.34. The van der Waals surface area contributed by atoms with Crippen LogP contribution in [0.3, 0.4) is 0 Å². The van der Waals surface area contributed by atoms with Gasteiger partial charge < -0.3 is 21.4 Å². The van der Waals surface area contributed by atoms with Gasteiger partial charge in [-0.2, -0.15) is 0 Å². The first-order valence-corrected chi connectivity index (χ1v) is 10.6. The lowest BCUT2D eigenvalue weighted by atomic mass is 10.0. The Morgan fingerprint density at radius 3 is 2.53 bits per heavy atom. The molecule has 168 valence electrons. The van der Waals surface area contributed by atoms with Crippen LogP contribution in [0.5, 0.6) is 0 Å². The normalized spacial score (nSPS) is 16.4. The van der Waals surface area contributed by atoms with E-state index in [0.29, 0.717) is 18.9 Å². The van der Waals surface area contributed by atoms with Crippen LogP contribution in [0, 0.1) is 5.92 Å². The number of carbonyl (C=O) groups is 2. The number of aliphatic imine (C=N–C) groups is 1. The molecule has 2 rings (SSSR count). The van der Waals surface area contributed by atoms with Crippen molar-refractivity contribution in [2.75, 3.05) is 33.2 Å². The molecule has 0 saturated carbocycles. The molecule has 1 atom stereocenters. The number of rotatable bonds is 10. The van der Waals surface area contributed by atoms with E-state index >= 15 is 0 Å². The average molecular weight is 421 g/mol. The fourth-order valence-corrected chi connectivity index (χ4v) is 3.34. The Balaban J connectivity index is 1.80. The number of nitrogens with zero attached hydrogens (tertiary/aromatic N) is 4. The Hall–Kier alpha value is -2.46. The van der Waals surface area contributed by atoms with E-state index in [4.69, 9.17) is 11.5 Å².